The number of aryl methyl sites for hydroxylation is 3. The molecule has 15 rings (SSSR count). The van der Waals surface area contributed by atoms with E-state index >= 15 is 0 Å². The summed E-state index contributed by atoms with van der Waals surface area (Å²) >= 11 is 3.48. The number of carbonyl (C=O) groups is 3. The molecular formula is C84H81BrF2N18O3. The van der Waals surface area contributed by atoms with Gasteiger partial charge in [-0.25, -0.2) is 8.78 Å². The van der Waals surface area contributed by atoms with Gasteiger partial charge in [-0.05, 0) is 190 Å². The van der Waals surface area contributed by atoms with Crippen molar-refractivity contribution < 1.29 is 23.2 Å². The zero-order valence-corrected chi connectivity index (χ0v) is 62.5. The third kappa shape index (κ3) is 19.5. The summed E-state index contributed by atoms with van der Waals surface area (Å²) in [5.74, 6) is 16.7. The van der Waals surface area contributed by atoms with E-state index in [0.29, 0.717) is 61.4 Å². The number of hydrogen-bond acceptors (Lipinski definition) is 15. The van der Waals surface area contributed by atoms with Crippen LogP contribution in [0.2, 0.25) is 0 Å². The Labute approximate surface area is 634 Å². The van der Waals surface area contributed by atoms with Crippen molar-refractivity contribution in [2.24, 2.45) is 0 Å². The van der Waals surface area contributed by atoms with Crippen LogP contribution in [0.5, 0.6) is 0 Å². The second-order valence-electron chi connectivity index (χ2n) is 27.4. The first-order valence-electron chi connectivity index (χ1n) is 35.6. The number of nitrogens with zero attached hydrogens (tertiary/aromatic N) is 12. The van der Waals surface area contributed by atoms with Gasteiger partial charge in [0, 0.05) is 196 Å². The summed E-state index contributed by atoms with van der Waals surface area (Å²) in [6.07, 6.45) is 9.41. The first-order valence-corrected chi connectivity index (χ1v) is 36.4. The van der Waals surface area contributed by atoms with E-state index in [9.17, 15) is 23.2 Å². The Morgan fingerprint density at radius 3 is 1.24 bits per heavy atom. The summed E-state index contributed by atoms with van der Waals surface area (Å²) in [5.41, 5.74) is 16.0. The van der Waals surface area contributed by atoms with Gasteiger partial charge < -0.3 is 30.7 Å². The first-order chi connectivity index (χ1) is 52.3. The number of anilines is 3. The van der Waals surface area contributed by atoms with Gasteiger partial charge in [-0.2, -0.15) is 15.3 Å². The lowest BCUT2D eigenvalue weighted by atomic mass is 10.1. The molecule has 546 valence electrons. The monoisotopic (exact) mass is 1510 g/mol. The summed E-state index contributed by atoms with van der Waals surface area (Å²) in [5, 5.41) is 32.1. The van der Waals surface area contributed by atoms with Gasteiger partial charge in [0.15, 0.2) is 5.82 Å². The van der Waals surface area contributed by atoms with E-state index < -0.39 is 5.82 Å². The molecule has 24 heteroatoms. The fraction of sp³-hybridized carbons (Fsp3) is 0.250. The number of piperazine rings is 3. The molecule has 6 aromatic carbocycles. The predicted octanol–water partition coefficient (Wildman–Crippen LogP) is 12.0. The molecule has 0 saturated carbocycles. The SMILES string of the molecule is Cc1cc(NC(=O)c2cncc(C#Cc3[nH]nc4c(F)cccc34)c2)ccc1CN1CCN(C)CC1.Cc1cc(NC(=O)c2cncc(C#Cc3[nH]nc4cc(F)ccc34)c2)ccc1CN1CCN(C)CC1.Cc1cc(NC(=O)c2cncc(C#Cc3[nH]nc4ccc(Br)cc34)c2)ccc1CN1CCN(C)CC1. The Morgan fingerprint density at radius 2 is 0.815 bits per heavy atom. The second-order valence-corrected chi connectivity index (χ2v) is 28.3. The smallest absolute Gasteiger partial charge is 0.257 e. The normalized spacial score (nSPS) is 14.4. The number of likely N-dealkylation sites (N-methyl/N-ethyl adjacent to an activating group) is 3. The summed E-state index contributed by atoms with van der Waals surface area (Å²) in [6, 6.07) is 38.2. The molecule has 0 aliphatic carbocycles. The first kappa shape index (κ1) is 74.6. The van der Waals surface area contributed by atoms with Gasteiger partial charge in [0.05, 0.1) is 27.7 Å². The van der Waals surface area contributed by atoms with Gasteiger partial charge in [0.1, 0.15) is 28.4 Å². The number of aromatic nitrogens is 9. The van der Waals surface area contributed by atoms with Crippen molar-refractivity contribution in [1.29, 1.82) is 0 Å². The molecule has 3 amide bonds. The number of para-hydroxylation sites is 1. The summed E-state index contributed by atoms with van der Waals surface area (Å²) in [7, 11) is 6.47. The van der Waals surface area contributed by atoms with Crippen LogP contribution in [0.3, 0.4) is 0 Å². The highest BCUT2D eigenvalue weighted by Crippen LogP contribution is 2.26. The largest absolute Gasteiger partial charge is 0.322 e. The van der Waals surface area contributed by atoms with Gasteiger partial charge >= 0.3 is 0 Å². The molecule has 0 atom stereocenters. The molecule has 108 heavy (non-hydrogen) atoms. The fourth-order valence-corrected chi connectivity index (χ4v) is 13.1. The zero-order chi connectivity index (χ0) is 75.2. The predicted molar refractivity (Wildman–Crippen MR) is 422 cm³/mol. The Balaban J connectivity index is 0.000000143. The van der Waals surface area contributed by atoms with Crippen molar-refractivity contribution in [3.05, 3.63) is 265 Å². The van der Waals surface area contributed by atoms with Crippen LogP contribution in [0.1, 0.15) is 98.2 Å². The Hall–Kier alpha value is -11.6. The molecule has 9 heterocycles. The average molecular weight is 1510 g/mol. The van der Waals surface area contributed by atoms with Crippen LogP contribution in [0.25, 0.3) is 32.7 Å². The lowest BCUT2D eigenvalue weighted by Crippen LogP contribution is -2.43. The number of H-pyrrole nitrogens is 3. The molecule has 0 radical (unpaired) electrons. The number of rotatable bonds is 12. The standard InChI is InChI=1S/C28H27BrN6O.2C28H27FN6O/c1-19-13-24(6-4-21(19)18-35-11-9-34(2)10-12-35)31-28(36)22-14-20(16-30-17-22)3-7-26-25-15-23(29)5-8-27(25)33-32-26;1-19-13-24(6-4-21(19)18-35-11-9-34(2)10-12-35)31-28(36)22-14-20(16-30-17-22)3-8-26-25-7-5-23(29)15-27(25)33-32-26;1-19-14-23(8-7-21(19)18-35-12-10-34(2)11-13-35)31-28(36)22-15-20(16-30-17-22)6-9-26-24-4-3-5-25(29)27(24)33-32-26/h4-6,8,13-17H,9-12,18H2,1-2H3,(H,31,36)(H,32,33);4-7,13-17H,9-12,18H2,1-2H3,(H,31,36)(H,32,33);3-5,7-8,14-17H,10-13,18H2,1-2H3,(H,31,36)(H,32,33). The number of benzene rings is 6. The minimum Gasteiger partial charge on any atom is -0.322 e. The quantitative estimate of drug-likeness (QED) is 0.0625. The Kier molecular flexibility index (Phi) is 24.0. The third-order valence-electron chi connectivity index (χ3n) is 19.3. The topological polar surface area (TPSA) is 231 Å². The molecule has 3 aliphatic rings. The fourth-order valence-electron chi connectivity index (χ4n) is 12.8. The molecule has 3 fully saturated rings. The summed E-state index contributed by atoms with van der Waals surface area (Å²) < 4.78 is 28.2. The van der Waals surface area contributed by atoms with Gasteiger partial charge in [-0.3, -0.25) is 59.3 Å². The van der Waals surface area contributed by atoms with Gasteiger partial charge in [-0.15, -0.1) is 0 Å². The maximum absolute atomic E-state index is 13.9. The lowest BCUT2D eigenvalue weighted by Gasteiger charge is -2.32. The van der Waals surface area contributed by atoms with Crippen molar-refractivity contribution in [2.45, 2.75) is 40.4 Å². The number of nitrogens with one attached hydrogen (secondary N) is 6. The van der Waals surface area contributed by atoms with E-state index in [4.69, 9.17) is 0 Å². The highest BCUT2D eigenvalue weighted by molar-refractivity contribution is 9.10. The van der Waals surface area contributed by atoms with E-state index in [1.165, 1.54) is 52.8 Å². The number of carbonyl (C=O) groups excluding carboxylic acids is 3. The highest BCUT2D eigenvalue weighted by Gasteiger charge is 2.20. The average Bonchev–Trinajstić information content (AvgIpc) is 1.68. The second kappa shape index (κ2) is 34.7. The van der Waals surface area contributed by atoms with Crippen LogP contribution >= 0.6 is 15.9 Å². The van der Waals surface area contributed by atoms with Crippen molar-refractivity contribution >= 4 is 83.4 Å². The van der Waals surface area contributed by atoms with E-state index in [1.807, 2.05) is 54.6 Å². The summed E-state index contributed by atoms with van der Waals surface area (Å²) in [4.78, 5) is 65.7. The molecular weight excluding hydrogens is 1430 g/mol. The van der Waals surface area contributed by atoms with Crippen molar-refractivity contribution in [1.82, 2.24) is 74.9 Å². The number of aromatic amines is 3. The molecule has 0 unspecified atom stereocenters. The van der Waals surface area contributed by atoms with Crippen LogP contribution in [-0.4, -0.2) is 192 Å². The molecule has 6 N–H and O–H groups in total. The molecule has 3 aliphatic heterocycles. The third-order valence-corrected chi connectivity index (χ3v) is 19.8. The molecule has 6 aromatic heterocycles. The highest BCUT2D eigenvalue weighted by atomic mass is 79.9. The zero-order valence-electron chi connectivity index (χ0n) is 60.9. The molecule has 0 bridgehead atoms. The molecule has 0 spiro atoms. The van der Waals surface area contributed by atoms with Crippen LogP contribution in [-0.2, 0) is 19.6 Å². The van der Waals surface area contributed by atoms with Crippen LogP contribution in [0.4, 0.5) is 25.8 Å². The van der Waals surface area contributed by atoms with E-state index in [2.05, 4.69) is 202 Å². The molecule has 12 aromatic rings. The number of fused-ring (bicyclic) bond motifs is 3. The maximum Gasteiger partial charge on any atom is 0.257 e. The van der Waals surface area contributed by atoms with Crippen LogP contribution < -0.4 is 16.0 Å². The van der Waals surface area contributed by atoms with Gasteiger partial charge in [0.25, 0.3) is 17.7 Å². The van der Waals surface area contributed by atoms with E-state index in [1.54, 1.807) is 61.2 Å². The van der Waals surface area contributed by atoms with Gasteiger partial charge in [-0.1, -0.05) is 58.0 Å². The van der Waals surface area contributed by atoms with Gasteiger partial charge in [0.2, 0.25) is 0 Å². The van der Waals surface area contributed by atoms with Crippen molar-refractivity contribution in [3.63, 3.8) is 0 Å². The number of halogens is 3. The minimum absolute atomic E-state index is 0.215. The molecule has 3 saturated heterocycles. The molecule has 21 nitrogen and oxygen atoms in total. The van der Waals surface area contributed by atoms with Crippen molar-refractivity contribution in [2.75, 3.05) is 116 Å². The Bertz CT molecular complexity index is 5350. The Morgan fingerprint density at radius 1 is 0.417 bits per heavy atom. The van der Waals surface area contributed by atoms with E-state index in [-0.39, 0.29) is 29.1 Å². The maximum atomic E-state index is 13.9. The van der Waals surface area contributed by atoms with E-state index in [0.717, 1.165) is 147 Å². The van der Waals surface area contributed by atoms with Crippen LogP contribution in [0.15, 0.2) is 169 Å². The number of hydrogen-bond donors (Lipinski definition) is 6. The lowest BCUT2D eigenvalue weighted by molar-refractivity contribution is 0.101. The number of pyridine rings is 3. The summed E-state index contributed by atoms with van der Waals surface area (Å²) in [6.45, 7) is 22.0. The van der Waals surface area contributed by atoms with Crippen molar-refractivity contribution in [3.8, 4) is 35.5 Å². The number of amides is 3. The minimum atomic E-state index is -0.403. The van der Waals surface area contributed by atoms with Crippen LogP contribution in [0, 0.1) is 67.9 Å².